The Labute approximate surface area is 123 Å². The molecule has 1 heterocycles. The monoisotopic (exact) mass is 275 g/mol. The van der Waals surface area contributed by atoms with Gasteiger partial charge in [-0.1, -0.05) is 13.8 Å². The standard InChI is InChI=1S/C17H29N3/c1-11-9-12(2)17(15(10-11)18-4)20-13(3)19-14-7-5-6-8-16(14)20/h11-12,15,17-18H,5-10H2,1-4H3. The predicted octanol–water partition coefficient (Wildman–Crippen LogP) is 3.27. The van der Waals surface area contributed by atoms with Crippen LogP contribution in [0.2, 0.25) is 0 Å². The number of aromatic nitrogens is 2. The van der Waals surface area contributed by atoms with Crippen LogP contribution in [0.3, 0.4) is 0 Å². The van der Waals surface area contributed by atoms with Gasteiger partial charge in [0.25, 0.3) is 0 Å². The summed E-state index contributed by atoms with van der Waals surface area (Å²) in [4.78, 5) is 4.88. The Balaban J connectivity index is 2.00. The molecule has 0 aliphatic heterocycles. The highest BCUT2D eigenvalue weighted by Gasteiger charge is 2.37. The van der Waals surface area contributed by atoms with Crippen molar-refractivity contribution in [3.63, 3.8) is 0 Å². The highest BCUT2D eigenvalue weighted by molar-refractivity contribution is 5.22. The van der Waals surface area contributed by atoms with E-state index in [4.69, 9.17) is 4.98 Å². The molecule has 0 radical (unpaired) electrons. The molecule has 1 aromatic rings. The molecular formula is C17H29N3. The third-order valence-electron chi connectivity index (χ3n) is 5.44. The summed E-state index contributed by atoms with van der Waals surface area (Å²) in [7, 11) is 2.13. The zero-order valence-electron chi connectivity index (χ0n) is 13.4. The normalized spacial score (nSPS) is 34.0. The van der Waals surface area contributed by atoms with Gasteiger partial charge in [0.2, 0.25) is 0 Å². The highest BCUT2D eigenvalue weighted by Crippen LogP contribution is 2.39. The molecule has 1 N–H and O–H groups in total. The fourth-order valence-corrected chi connectivity index (χ4v) is 4.66. The van der Waals surface area contributed by atoms with E-state index < -0.39 is 0 Å². The zero-order valence-corrected chi connectivity index (χ0v) is 13.4. The quantitative estimate of drug-likeness (QED) is 0.898. The second-order valence-electron chi connectivity index (χ2n) is 7.07. The number of likely N-dealkylation sites (N-methyl/N-ethyl adjacent to an activating group) is 1. The van der Waals surface area contributed by atoms with Gasteiger partial charge >= 0.3 is 0 Å². The SMILES string of the molecule is CNC1CC(C)CC(C)C1n1c(C)nc2c1CCCC2. The lowest BCUT2D eigenvalue weighted by Gasteiger charge is -2.41. The van der Waals surface area contributed by atoms with Crippen LogP contribution >= 0.6 is 0 Å². The van der Waals surface area contributed by atoms with E-state index in [1.165, 1.54) is 50.0 Å². The summed E-state index contributed by atoms with van der Waals surface area (Å²) < 4.78 is 2.60. The van der Waals surface area contributed by atoms with Crippen molar-refractivity contribution in [1.82, 2.24) is 14.9 Å². The van der Waals surface area contributed by atoms with Gasteiger partial charge in [0.05, 0.1) is 11.7 Å². The Morgan fingerprint density at radius 1 is 1.15 bits per heavy atom. The largest absolute Gasteiger partial charge is 0.327 e. The molecule has 112 valence electrons. The maximum atomic E-state index is 4.88. The number of fused-ring (bicyclic) bond motifs is 1. The smallest absolute Gasteiger partial charge is 0.106 e. The summed E-state index contributed by atoms with van der Waals surface area (Å²) in [6, 6.07) is 1.18. The van der Waals surface area contributed by atoms with Gasteiger partial charge in [0, 0.05) is 11.7 Å². The minimum absolute atomic E-state index is 0.588. The minimum Gasteiger partial charge on any atom is -0.327 e. The Hall–Kier alpha value is -0.830. The topological polar surface area (TPSA) is 29.9 Å². The average Bonchev–Trinajstić information content (AvgIpc) is 2.74. The van der Waals surface area contributed by atoms with Crippen molar-refractivity contribution in [3.05, 3.63) is 17.2 Å². The molecule has 0 aromatic carbocycles. The fraction of sp³-hybridized carbons (Fsp3) is 0.824. The summed E-state index contributed by atoms with van der Waals surface area (Å²) >= 11 is 0. The molecule has 4 unspecified atom stereocenters. The van der Waals surface area contributed by atoms with Crippen molar-refractivity contribution in [2.24, 2.45) is 11.8 Å². The van der Waals surface area contributed by atoms with Gasteiger partial charge in [-0.05, 0) is 64.3 Å². The maximum absolute atomic E-state index is 4.88. The van der Waals surface area contributed by atoms with Gasteiger partial charge < -0.3 is 9.88 Å². The summed E-state index contributed by atoms with van der Waals surface area (Å²) in [6.45, 7) is 7.03. The molecule has 0 bridgehead atoms. The van der Waals surface area contributed by atoms with Gasteiger partial charge in [0.15, 0.2) is 0 Å². The van der Waals surface area contributed by atoms with Crippen molar-refractivity contribution in [1.29, 1.82) is 0 Å². The fourth-order valence-electron chi connectivity index (χ4n) is 4.66. The lowest BCUT2D eigenvalue weighted by molar-refractivity contribution is 0.154. The second kappa shape index (κ2) is 5.51. The van der Waals surface area contributed by atoms with Crippen LogP contribution < -0.4 is 5.32 Å². The third-order valence-corrected chi connectivity index (χ3v) is 5.44. The van der Waals surface area contributed by atoms with E-state index >= 15 is 0 Å². The number of hydrogen-bond acceptors (Lipinski definition) is 2. The molecule has 3 heteroatoms. The Morgan fingerprint density at radius 3 is 2.65 bits per heavy atom. The van der Waals surface area contributed by atoms with E-state index in [1.807, 2.05) is 0 Å². The first-order valence-corrected chi connectivity index (χ1v) is 8.35. The van der Waals surface area contributed by atoms with Crippen LogP contribution in [0.25, 0.3) is 0 Å². The third kappa shape index (κ3) is 2.30. The van der Waals surface area contributed by atoms with Gasteiger partial charge in [-0.25, -0.2) is 4.98 Å². The van der Waals surface area contributed by atoms with Crippen LogP contribution in [0.1, 0.15) is 62.8 Å². The minimum atomic E-state index is 0.588. The number of nitrogens with zero attached hydrogens (tertiary/aromatic N) is 2. The lowest BCUT2D eigenvalue weighted by atomic mass is 9.76. The van der Waals surface area contributed by atoms with Crippen molar-refractivity contribution < 1.29 is 0 Å². The molecule has 3 rings (SSSR count). The van der Waals surface area contributed by atoms with E-state index in [0.717, 1.165) is 11.8 Å². The van der Waals surface area contributed by atoms with E-state index in [9.17, 15) is 0 Å². The van der Waals surface area contributed by atoms with Crippen LogP contribution in [0.4, 0.5) is 0 Å². The molecule has 2 aliphatic rings. The summed E-state index contributed by atoms with van der Waals surface area (Å²) in [5, 5.41) is 3.59. The van der Waals surface area contributed by atoms with Crippen LogP contribution in [0.15, 0.2) is 0 Å². The number of imidazole rings is 1. The first-order valence-electron chi connectivity index (χ1n) is 8.35. The highest BCUT2D eigenvalue weighted by atomic mass is 15.2. The second-order valence-corrected chi connectivity index (χ2v) is 7.07. The molecule has 1 saturated carbocycles. The number of aryl methyl sites for hydroxylation is 2. The number of hydrogen-bond donors (Lipinski definition) is 1. The molecule has 1 fully saturated rings. The Morgan fingerprint density at radius 2 is 1.90 bits per heavy atom. The number of rotatable bonds is 2. The van der Waals surface area contributed by atoms with E-state index in [0.29, 0.717) is 12.1 Å². The Bertz CT molecular complexity index is 477. The molecule has 2 aliphatic carbocycles. The van der Waals surface area contributed by atoms with Crippen molar-refractivity contribution in [2.45, 2.75) is 71.4 Å². The van der Waals surface area contributed by atoms with Gasteiger partial charge in [-0.15, -0.1) is 0 Å². The van der Waals surface area contributed by atoms with E-state index in [1.54, 1.807) is 5.69 Å². The van der Waals surface area contributed by atoms with Gasteiger partial charge in [-0.2, -0.15) is 0 Å². The van der Waals surface area contributed by atoms with Crippen molar-refractivity contribution >= 4 is 0 Å². The van der Waals surface area contributed by atoms with Gasteiger partial charge in [0.1, 0.15) is 5.82 Å². The average molecular weight is 275 g/mol. The molecule has 0 spiro atoms. The summed E-state index contributed by atoms with van der Waals surface area (Å²) in [5.74, 6) is 2.80. The van der Waals surface area contributed by atoms with Crippen LogP contribution in [-0.4, -0.2) is 22.6 Å². The zero-order chi connectivity index (χ0) is 14.3. The molecule has 20 heavy (non-hydrogen) atoms. The van der Waals surface area contributed by atoms with Crippen molar-refractivity contribution in [3.8, 4) is 0 Å². The lowest BCUT2D eigenvalue weighted by Crippen LogP contribution is -2.44. The predicted molar refractivity (Wildman–Crippen MR) is 83.1 cm³/mol. The van der Waals surface area contributed by atoms with Crippen LogP contribution in [0, 0.1) is 18.8 Å². The van der Waals surface area contributed by atoms with E-state index in [-0.39, 0.29) is 0 Å². The van der Waals surface area contributed by atoms with E-state index in [2.05, 4.69) is 37.7 Å². The summed E-state index contributed by atoms with van der Waals surface area (Å²) in [6.07, 6.45) is 7.69. The van der Waals surface area contributed by atoms with Crippen LogP contribution in [-0.2, 0) is 12.8 Å². The Kier molecular flexibility index (Phi) is 3.89. The molecule has 4 atom stereocenters. The van der Waals surface area contributed by atoms with Gasteiger partial charge in [-0.3, -0.25) is 0 Å². The molecule has 3 nitrogen and oxygen atoms in total. The molecular weight excluding hydrogens is 246 g/mol. The summed E-state index contributed by atoms with van der Waals surface area (Å²) in [5.41, 5.74) is 2.93. The van der Waals surface area contributed by atoms with Crippen molar-refractivity contribution in [2.75, 3.05) is 7.05 Å². The number of nitrogens with one attached hydrogen (secondary N) is 1. The first-order chi connectivity index (χ1) is 9.61. The molecule has 1 aromatic heterocycles. The maximum Gasteiger partial charge on any atom is 0.106 e. The molecule has 0 amide bonds. The first kappa shape index (κ1) is 14.1. The molecule has 0 saturated heterocycles. The van der Waals surface area contributed by atoms with Crippen LogP contribution in [0.5, 0.6) is 0 Å².